The number of aromatic nitrogens is 5. The second-order valence-electron chi connectivity index (χ2n) is 8.69. The number of fused-ring (bicyclic) bond motifs is 1. The van der Waals surface area contributed by atoms with E-state index in [9.17, 15) is 14.0 Å². The van der Waals surface area contributed by atoms with Gasteiger partial charge in [-0.1, -0.05) is 0 Å². The second kappa shape index (κ2) is 8.86. The maximum Gasteiger partial charge on any atom is 0.267 e. The molecule has 0 unspecified atom stereocenters. The maximum atomic E-state index is 13.4. The summed E-state index contributed by atoms with van der Waals surface area (Å²) >= 11 is 0. The van der Waals surface area contributed by atoms with Crippen molar-refractivity contribution in [2.45, 2.75) is 18.8 Å². The number of carbonyl (C=O) groups excluding carboxylic acids is 1. The molecule has 0 saturated heterocycles. The first kappa shape index (κ1) is 22.4. The predicted octanol–water partition coefficient (Wildman–Crippen LogP) is 4.15. The molecule has 1 saturated carbocycles. The van der Waals surface area contributed by atoms with Gasteiger partial charge in [-0.05, 0) is 66.8 Å². The van der Waals surface area contributed by atoms with E-state index < -0.39 is 17.3 Å². The first-order valence-corrected chi connectivity index (χ1v) is 11.5. The van der Waals surface area contributed by atoms with E-state index in [1.807, 2.05) is 0 Å². The molecule has 4 aromatic heterocycles. The molecule has 4 heterocycles. The molecule has 184 valence electrons. The van der Waals surface area contributed by atoms with Crippen LogP contribution < -0.4 is 21.3 Å². The summed E-state index contributed by atoms with van der Waals surface area (Å²) in [6.07, 6.45) is 6.68. The first-order valence-electron chi connectivity index (χ1n) is 11.5. The summed E-state index contributed by atoms with van der Waals surface area (Å²) in [5.74, 6) is 0.713. The summed E-state index contributed by atoms with van der Waals surface area (Å²) in [7, 11) is 0. The maximum absolute atomic E-state index is 13.4. The lowest BCUT2D eigenvalue weighted by molar-refractivity contribution is 0.102. The van der Waals surface area contributed by atoms with E-state index in [4.69, 9.17) is 10.5 Å². The van der Waals surface area contributed by atoms with Gasteiger partial charge in [0.1, 0.15) is 39.9 Å². The minimum Gasteiger partial charge on any atom is -0.455 e. The highest BCUT2D eigenvalue weighted by atomic mass is 19.1. The smallest absolute Gasteiger partial charge is 0.267 e. The van der Waals surface area contributed by atoms with Gasteiger partial charge in [-0.25, -0.2) is 14.4 Å². The lowest BCUT2D eigenvalue weighted by atomic mass is 10.1. The van der Waals surface area contributed by atoms with Crippen molar-refractivity contribution in [3.05, 3.63) is 94.4 Å². The van der Waals surface area contributed by atoms with Crippen LogP contribution >= 0.6 is 0 Å². The largest absolute Gasteiger partial charge is 0.455 e. The van der Waals surface area contributed by atoms with Crippen LogP contribution in [0.1, 0.15) is 34.7 Å². The highest BCUT2D eigenvalue weighted by Crippen LogP contribution is 2.40. The van der Waals surface area contributed by atoms with E-state index >= 15 is 0 Å². The molecule has 11 heteroatoms. The lowest BCUT2D eigenvalue weighted by Gasteiger charge is -2.12. The number of hydrogen-bond donors (Lipinski definition) is 3. The van der Waals surface area contributed by atoms with Crippen molar-refractivity contribution in [3.8, 4) is 17.2 Å². The van der Waals surface area contributed by atoms with Crippen LogP contribution in [0.3, 0.4) is 0 Å². The molecule has 5 aromatic rings. The number of aromatic amines is 1. The zero-order valence-electron chi connectivity index (χ0n) is 19.3. The third-order valence-electron chi connectivity index (χ3n) is 6.09. The number of pyridine rings is 3. The topological polar surface area (TPSA) is 141 Å². The third-order valence-corrected chi connectivity index (χ3v) is 6.09. The van der Waals surface area contributed by atoms with E-state index in [-0.39, 0.29) is 17.3 Å². The Morgan fingerprint density at radius 2 is 1.95 bits per heavy atom. The Morgan fingerprint density at radius 1 is 1.14 bits per heavy atom. The Labute approximate surface area is 208 Å². The van der Waals surface area contributed by atoms with Gasteiger partial charge in [0.15, 0.2) is 5.65 Å². The van der Waals surface area contributed by atoms with Gasteiger partial charge >= 0.3 is 0 Å². The van der Waals surface area contributed by atoms with E-state index in [2.05, 4.69) is 25.5 Å². The SMILES string of the molecule is Nc1[nH]nc2nccc(Oc3ccc(NC(=O)c4cc(C5CC5)cn(-c5ccc(F)cc5)c4=O)nc3)c12. The Bertz CT molecular complexity index is 1690. The van der Waals surface area contributed by atoms with Crippen LogP contribution in [-0.4, -0.2) is 30.6 Å². The van der Waals surface area contributed by atoms with Crippen molar-refractivity contribution in [1.29, 1.82) is 0 Å². The number of halogens is 1. The Morgan fingerprint density at radius 3 is 2.68 bits per heavy atom. The normalized spacial score (nSPS) is 13.0. The van der Waals surface area contributed by atoms with Crippen molar-refractivity contribution in [2.75, 3.05) is 11.1 Å². The molecule has 1 aliphatic rings. The van der Waals surface area contributed by atoms with Gasteiger partial charge in [-0.2, -0.15) is 5.10 Å². The molecule has 1 aliphatic carbocycles. The molecule has 1 aromatic carbocycles. The average molecular weight is 497 g/mol. The predicted molar refractivity (Wildman–Crippen MR) is 135 cm³/mol. The number of carbonyl (C=O) groups is 1. The number of nitrogens with zero attached hydrogens (tertiary/aromatic N) is 4. The van der Waals surface area contributed by atoms with Crippen molar-refractivity contribution in [1.82, 2.24) is 24.7 Å². The molecular formula is C26H20FN7O3. The number of nitrogens with one attached hydrogen (secondary N) is 2. The summed E-state index contributed by atoms with van der Waals surface area (Å²) in [4.78, 5) is 34.7. The molecule has 0 radical (unpaired) electrons. The Balaban J connectivity index is 1.25. The molecule has 6 rings (SSSR count). The van der Waals surface area contributed by atoms with E-state index in [0.717, 1.165) is 18.4 Å². The van der Waals surface area contributed by atoms with Crippen LogP contribution in [0.4, 0.5) is 16.0 Å². The average Bonchev–Trinajstić information content (AvgIpc) is 3.68. The van der Waals surface area contributed by atoms with Crippen LogP contribution in [0.2, 0.25) is 0 Å². The van der Waals surface area contributed by atoms with E-state index in [1.54, 1.807) is 36.7 Å². The Kier molecular flexibility index (Phi) is 5.37. The number of anilines is 2. The van der Waals surface area contributed by atoms with Crippen molar-refractivity contribution < 1.29 is 13.9 Å². The summed E-state index contributed by atoms with van der Waals surface area (Å²) in [5, 5.41) is 9.89. The van der Waals surface area contributed by atoms with Crippen LogP contribution in [0.5, 0.6) is 11.5 Å². The van der Waals surface area contributed by atoms with Crippen LogP contribution in [0, 0.1) is 5.82 Å². The fraction of sp³-hybridized carbons (Fsp3) is 0.115. The minimum absolute atomic E-state index is 0.0227. The van der Waals surface area contributed by atoms with Crippen molar-refractivity contribution in [2.24, 2.45) is 0 Å². The van der Waals surface area contributed by atoms with Crippen molar-refractivity contribution >= 4 is 28.6 Å². The van der Waals surface area contributed by atoms with Crippen molar-refractivity contribution in [3.63, 3.8) is 0 Å². The molecule has 1 fully saturated rings. The van der Waals surface area contributed by atoms with Gasteiger partial charge in [0, 0.05) is 24.1 Å². The van der Waals surface area contributed by atoms with E-state index in [1.165, 1.54) is 35.0 Å². The number of nitrogens with two attached hydrogens (primary N) is 1. The molecule has 37 heavy (non-hydrogen) atoms. The summed E-state index contributed by atoms with van der Waals surface area (Å²) in [6, 6.07) is 12.0. The summed E-state index contributed by atoms with van der Waals surface area (Å²) in [5.41, 5.74) is 7.17. The van der Waals surface area contributed by atoms with Gasteiger partial charge < -0.3 is 15.8 Å². The van der Waals surface area contributed by atoms with E-state index in [0.29, 0.717) is 34.0 Å². The molecule has 0 aliphatic heterocycles. The monoisotopic (exact) mass is 497 g/mol. The third kappa shape index (κ3) is 4.38. The molecule has 0 atom stereocenters. The number of H-pyrrole nitrogens is 1. The van der Waals surface area contributed by atoms with Gasteiger partial charge in [-0.3, -0.25) is 19.3 Å². The molecule has 0 bridgehead atoms. The zero-order chi connectivity index (χ0) is 25.5. The minimum atomic E-state index is -0.591. The van der Waals surface area contributed by atoms with Crippen LogP contribution in [0.25, 0.3) is 16.7 Å². The zero-order valence-corrected chi connectivity index (χ0v) is 19.3. The molecule has 4 N–H and O–H groups in total. The van der Waals surface area contributed by atoms with Gasteiger partial charge in [-0.15, -0.1) is 0 Å². The fourth-order valence-electron chi connectivity index (χ4n) is 4.05. The molecule has 10 nitrogen and oxygen atoms in total. The fourth-order valence-corrected chi connectivity index (χ4v) is 4.05. The molecule has 1 amide bonds. The summed E-state index contributed by atoms with van der Waals surface area (Å²) in [6.45, 7) is 0. The summed E-state index contributed by atoms with van der Waals surface area (Å²) < 4.78 is 20.7. The van der Waals surface area contributed by atoms with Crippen LogP contribution in [-0.2, 0) is 0 Å². The number of nitrogen functional groups attached to an aromatic ring is 1. The van der Waals surface area contributed by atoms with Gasteiger partial charge in [0.25, 0.3) is 11.5 Å². The van der Waals surface area contributed by atoms with Gasteiger partial charge in [0.05, 0.1) is 6.20 Å². The Hall–Kier alpha value is -5.06. The first-order chi connectivity index (χ1) is 18.0. The standard InChI is InChI=1S/C26H20FN7O3/c27-16-3-5-17(6-4-16)34-13-15(14-1-2-14)11-19(26(34)36)25(35)31-21-8-7-18(12-30-21)37-20-9-10-29-24-22(20)23(28)32-33-24/h3-14H,1-2H2,(H,30,31,35)(H3,28,29,32,33). The number of hydrogen-bond acceptors (Lipinski definition) is 7. The molecular weight excluding hydrogens is 477 g/mol. The number of amides is 1. The number of benzene rings is 1. The quantitative estimate of drug-likeness (QED) is 0.320. The van der Waals surface area contributed by atoms with Gasteiger partial charge in [0.2, 0.25) is 0 Å². The second-order valence-corrected chi connectivity index (χ2v) is 8.69. The van der Waals surface area contributed by atoms with Crippen LogP contribution in [0.15, 0.2) is 71.9 Å². The number of rotatable bonds is 6. The lowest BCUT2D eigenvalue weighted by Crippen LogP contribution is -2.29. The highest BCUT2D eigenvalue weighted by molar-refractivity contribution is 6.03. The highest BCUT2D eigenvalue weighted by Gasteiger charge is 2.27. The number of ether oxygens (including phenoxy) is 1. The molecule has 0 spiro atoms.